The molecule has 84 valence electrons. The molecule has 15 heavy (non-hydrogen) atoms. The summed E-state index contributed by atoms with van der Waals surface area (Å²) in [5, 5.41) is 10.7. The maximum atomic E-state index is 11.8. The lowest BCUT2D eigenvalue weighted by Gasteiger charge is -2.17. The Bertz CT molecular complexity index is 327. The Balaban J connectivity index is 2.58. The number of aliphatic hydroxyl groups is 1. The fourth-order valence-corrected chi connectivity index (χ4v) is 2.78. The van der Waals surface area contributed by atoms with Gasteiger partial charge < -0.3 is 5.11 Å². The molecule has 0 aromatic carbocycles. The molecule has 0 atom stereocenters. The zero-order chi connectivity index (χ0) is 11.3. The Morgan fingerprint density at radius 3 is 2.87 bits per heavy atom. The van der Waals surface area contributed by atoms with E-state index in [1.54, 1.807) is 0 Å². The van der Waals surface area contributed by atoms with Crippen LogP contribution in [0.4, 0.5) is 0 Å². The predicted octanol–water partition coefficient (Wildman–Crippen LogP) is 2.01. The van der Waals surface area contributed by atoms with Gasteiger partial charge in [0, 0.05) is 11.0 Å². The maximum Gasteiger partial charge on any atom is 0.187 e. The number of aliphatic hydroxyl groups excluding tert-OH is 1. The van der Waals surface area contributed by atoms with Gasteiger partial charge in [-0.3, -0.25) is 9.69 Å². The average Bonchev–Trinajstić information content (AvgIpc) is 2.63. The molecule has 0 aliphatic heterocycles. The smallest absolute Gasteiger partial charge is 0.187 e. The van der Waals surface area contributed by atoms with Crippen LogP contribution in [0, 0.1) is 0 Å². The Hall–Kier alpha value is -0.230. The summed E-state index contributed by atoms with van der Waals surface area (Å²) in [6.45, 7) is 3.76. The topological polar surface area (TPSA) is 40.5 Å². The monoisotopic (exact) mass is 291 g/mol. The molecule has 1 heterocycles. The van der Waals surface area contributed by atoms with Crippen molar-refractivity contribution in [1.29, 1.82) is 0 Å². The number of hydrogen-bond donors (Lipinski definition) is 1. The molecule has 1 N–H and O–H groups in total. The molecular weight excluding hydrogens is 278 g/mol. The summed E-state index contributed by atoms with van der Waals surface area (Å²) in [7, 11) is 0. The fraction of sp³-hybridized carbons (Fsp3) is 0.500. The summed E-state index contributed by atoms with van der Waals surface area (Å²) in [5.41, 5.74) is 0. The fourth-order valence-electron chi connectivity index (χ4n) is 1.26. The van der Waals surface area contributed by atoms with Gasteiger partial charge in [-0.15, -0.1) is 11.3 Å². The van der Waals surface area contributed by atoms with E-state index in [1.807, 2.05) is 23.3 Å². The van der Waals surface area contributed by atoms with Gasteiger partial charge in [0.1, 0.15) is 0 Å². The standard InChI is InChI=1S/C10H14BrNO2S/c1-2-12(4-5-13)7-9(14)10-8(11)3-6-15-10/h3,6,13H,2,4-5,7H2,1H3. The van der Waals surface area contributed by atoms with Crippen molar-refractivity contribution in [2.75, 3.05) is 26.2 Å². The van der Waals surface area contributed by atoms with Crippen molar-refractivity contribution in [2.24, 2.45) is 0 Å². The second-order valence-corrected chi connectivity index (χ2v) is 4.88. The van der Waals surface area contributed by atoms with E-state index in [-0.39, 0.29) is 12.4 Å². The van der Waals surface area contributed by atoms with E-state index >= 15 is 0 Å². The summed E-state index contributed by atoms with van der Waals surface area (Å²) >= 11 is 4.78. The van der Waals surface area contributed by atoms with E-state index < -0.39 is 0 Å². The molecule has 0 amide bonds. The Labute approximate surface area is 102 Å². The zero-order valence-corrected chi connectivity index (χ0v) is 11.0. The van der Waals surface area contributed by atoms with Crippen molar-refractivity contribution in [3.63, 3.8) is 0 Å². The highest BCUT2D eigenvalue weighted by Gasteiger charge is 2.14. The number of carbonyl (C=O) groups is 1. The molecule has 1 aromatic heterocycles. The lowest BCUT2D eigenvalue weighted by Crippen LogP contribution is -2.32. The van der Waals surface area contributed by atoms with E-state index in [9.17, 15) is 4.79 Å². The van der Waals surface area contributed by atoms with Crippen molar-refractivity contribution in [1.82, 2.24) is 4.90 Å². The van der Waals surface area contributed by atoms with Crippen LogP contribution in [0.15, 0.2) is 15.9 Å². The second kappa shape index (κ2) is 6.37. The van der Waals surface area contributed by atoms with E-state index in [0.29, 0.717) is 13.1 Å². The molecule has 0 radical (unpaired) electrons. The SMILES string of the molecule is CCN(CCO)CC(=O)c1sccc1Br. The van der Waals surface area contributed by atoms with Crippen LogP contribution >= 0.6 is 27.3 Å². The van der Waals surface area contributed by atoms with Crippen molar-refractivity contribution in [2.45, 2.75) is 6.92 Å². The number of ketones is 1. The summed E-state index contributed by atoms with van der Waals surface area (Å²) in [5.74, 6) is 0.104. The normalized spacial score (nSPS) is 10.9. The lowest BCUT2D eigenvalue weighted by molar-refractivity contribution is 0.0923. The highest BCUT2D eigenvalue weighted by molar-refractivity contribution is 9.10. The van der Waals surface area contributed by atoms with Crippen LogP contribution in [0.25, 0.3) is 0 Å². The molecule has 1 rings (SSSR count). The number of thiophene rings is 1. The first-order chi connectivity index (χ1) is 7.19. The van der Waals surface area contributed by atoms with Gasteiger partial charge in [0.15, 0.2) is 5.78 Å². The molecule has 5 heteroatoms. The first-order valence-corrected chi connectivity index (χ1v) is 6.45. The van der Waals surface area contributed by atoms with Gasteiger partial charge >= 0.3 is 0 Å². The zero-order valence-electron chi connectivity index (χ0n) is 8.57. The van der Waals surface area contributed by atoms with Gasteiger partial charge in [0.25, 0.3) is 0 Å². The first kappa shape index (κ1) is 12.8. The molecule has 0 unspecified atom stereocenters. The molecule has 0 aliphatic carbocycles. The number of hydrogen-bond acceptors (Lipinski definition) is 4. The number of carbonyl (C=O) groups excluding carboxylic acids is 1. The summed E-state index contributed by atoms with van der Waals surface area (Å²) in [6.07, 6.45) is 0. The first-order valence-electron chi connectivity index (χ1n) is 4.78. The van der Waals surface area contributed by atoms with Crippen LogP contribution in [0.5, 0.6) is 0 Å². The van der Waals surface area contributed by atoms with Gasteiger partial charge in [-0.25, -0.2) is 0 Å². The summed E-state index contributed by atoms with van der Waals surface area (Å²) < 4.78 is 0.859. The highest BCUT2D eigenvalue weighted by atomic mass is 79.9. The second-order valence-electron chi connectivity index (χ2n) is 3.11. The van der Waals surface area contributed by atoms with Crippen LogP contribution in [-0.2, 0) is 0 Å². The number of nitrogens with zero attached hydrogens (tertiary/aromatic N) is 1. The van der Waals surface area contributed by atoms with Gasteiger partial charge in [0.2, 0.25) is 0 Å². The molecule has 0 bridgehead atoms. The minimum absolute atomic E-state index is 0.0900. The van der Waals surface area contributed by atoms with E-state index in [1.165, 1.54) is 11.3 Å². The Morgan fingerprint density at radius 1 is 1.67 bits per heavy atom. The van der Waals surface area contributed by atoms with Crippen LogP contribution < -0.4 is 0 Å². The predicted molar refractivity (Wildman–Crippen MR) is 65.5 cm³/mol. The third-order valence-corrected chi connectivity index (χ3v) is 3.98. The van der Waals surface area contributed by atoms with Gasteiger partial charge in [0.05, 0.1) is 18.0 Å². The summed E-state index contributed by atoms with van der Waals surface area (Å²) in [6, 6.07) is 1.88. The number of rotatable bonds is 6. The molecular formula is C10H14BrNO2S. The largest absolute Gasteiger partial charge is 0.395 e. The third-order valence-electron chi connectivity index (χ3n) is 2.10. The van der Waals surface area contributed by atoms with Gasteiger partial charge in [-0.2, -0.15) is 0 Å². The molecule has 0 saturated carbocycles. The minimum atomic E-state index is 0.0900. The minimum Gasteiger partial charge on any atom is -0.395 e. The van der Waals surface area contributed by atoms with Crippen LogP contribution in [0.3, 0.4) is 0 Å². The van der Waals surface area contributed by atoms with E-state index in [0.717, 1.165) is 15.9 Å². The molecule has 1 aromatic rings. The van der Waals surface area contributed by atoms with E-state index in [4.69, 9.17) is 5.11 Å². The van der Waals surface area contributed by atoms with Crippen molar-refractivity contribution in [3.05, 3.63) is 20.8 Å². The highest BCUT2D eigenvalue weighted by Crippen LogP contribution is 2.23. The number of Topliss-reactive ketones (excluding diaryl/α,β-unsaturated/α-hetero) is 1. The third kappa shape index (κ3) is 3.68. The number of likely N-dealkylation sites (N-methyl/N-ethyl adjacent to an activating group) is 1. The van der Waals surface area contributed by atoms with Crippen LogP contribution in [0.2, 0.25) is 0 Å². The average molecular weight is 292 g/mol. The quantitative estimate of drug-likeness (QED) is 0.815. The van der Waals surface area contributed by atoms with E-state index in [2.05, 4.69) is 15.9 Å². The van der Waals surface area contributed by atoms with Gasteiger partial charge in [-0.05, 0) is 33.9 Å². The van der Waals surface area contributed by atoms with Crippen LogP contribution in [-0.4, -0.2) is 42.0 Å². The number of halogens is 1. The molecule has 0 aliphatic rings. The summed E-state index contributed by atoms with van der Waals surface area (Å²) in [4.78, 5) is 14.5. The van der Waals surface area contributed by atoms with Crippen molar-refractivity contribution < 1.29 is 9.90 Å². The van der Waals surface area contributed by atoms with Crippen molar-refractivity contribution in [3.8, 4) is 0 Å². The Kier molecular flexibility index (Phi) is 5.45. The molecule has 0 spiro atoms. The molecule has 0 saturated heterocycles. The van der Waals surface area contributed by atoms with Crippen LogP contribution in [0.1, 0.15) is 16.6 Å². The van der Waals surface area contributed by atoms with Gasteiger partial charge in [-0.1, -0.05) is 6.92 Å². The molecule has 0 fully saturated rings. The lowest BCUT2D eigenvalue weighted by atomic mass is 10.3. The maximum absolute atomic E-state index is 11.8. The van der Waals surface area contributed by atoms with Crippen molar-refractivity contribution >= 4 is 33.0 Å². The molecule has 3 nitrogen and oxygen atoms in total. The Morgan fingerprint density at radius 2 is 2.40 bits per heavy atom.